The van der Waals surface area contributed by atoms with E-state index in [1.165, 1.54) is 5.56 Å². The fraction of sp³-hybridized carbons (Fsp3) is 0.286. The third-order valence-electron chi connectivity index (χ3n) is 2.40. The van der Waals surface area contributed by atoms with Crippen molar-refractivity contribution in [2.24, 2.45) is 0 Å². The summed E-state index contributed by atoms with van der Waals surface area (Å²) in [6, 6.07) is 10.7. The third kappa shape index (κ3) is 4.65. The molecule has 0 aliphatic carbocycles. The highest BCUT2D eigenvalue weighted by molar-refractivity contribution is 6.29. The number of hydrogen-bond acceptors (Lipinski definition) is 1. The van der Waals surface area contributed by atoms with Gasteiger partial charge in [-0.2, -0.15) is 0 Å². The summed E-state index contributed by atoms with van der Waals surface area (Å²) >= 11 is 5.77. The Morgan fingerprint density at radius 1 is 1.38 bits per heavy atom. The average molecular weight is 236 g/mol. The van der Waals surface area contributed by atoms with Crippen molar-refractivity contribution < 1.29 is 0 Å². The van der Waals surface area contributed by atoms with Crippen LogP contribution in [0.25, 0.3) is 0 Å². The largest absolute Gasteiger partial charge is 0.305 e. The smallest absolute Gasteiger partial charge is 0.0326 e. The highest BCUT2D eigenvalue weighted by atomic mass is 35.5. The van der Waals surface area contributed by atoms with Gasteiger partial charge in [-0.3, -0.25) is 0 Å². The van der Waals surface area contributed by atoms with E-state index >= 15 is 0 Å². The fourth-order valence-corrected chi connectivity index (χ4v) is 1.67. The first-order valence-corrected chi connectivity index (χ1v) is 5.84. The zero-order chi connectivity index (χ0) is 11.8. The molecule has 2 heteroatoms. The topological polar surface area (TPSA) is 12.0 Å². The van der Waals surface area contributed by atoms with Crippen molar-refractivity contribution >= 4 is 11.6 Å². The monoisotopic (exact) mass is 235 g/mol. The van der Waals surface area contributed by atoms with Crippen LogP contribution in [-0.2, 0) is 0 Å². The van der Waals surface area contributed by atoms with Crippen LogP contribution in [0.2, 0.25) is 0 Å². The van der Waals surface area contributed by atoms with Gasteiger partial charge >= 0.3 is 0 Å². The van der Waals surface area contributed by atoms with Gasteiger partial charge in [-0.1, -0.05) is 54.6 Å². The molecule has 0 fully saturated rings. The summed E-state index contributed by atoms with van der Waals surface area (Å²) in [6.07, 6.45) is 3.95. The van der Waals surface area contributed by atoms with Crippen LogP contribution in [-0.4, -0.2) is 6.54 Å². The maximum absolute atomic E-state index is 5.77. The van der Waals surface area contributed by atoms with Crippen LogP contribution in [0, 0.1) is 0 Å². The van der Waals surface area contributed by atoms with Crippen LogP contribution in [0.3, 0.4) is 0 Å². The predicted molar refractivity (Wildman–Crippen MR) is 71.6 cm³/mol. The summed E-state index contributed by atoms with van der Waals surface area (Å²) in [6.45, 7) is 8.07. The second kappa shape index (κ2) is 7.26. The van der Waals surface area contributed by atoms with Gasteiger partial charge in [-0.05, 0) is 18.4 Å². The molecule has 0 aromatic heterocycles. The summed E-state index contributed by atoms with van der Waals surface area (Å²) in [7, 11) is 0. The van der Waals surface area contributed by atoms with Crippen LogP contribution in [0.5, 0.6) is 0 Å². The van der Waals surface area contributed by atoms with Crippen molar-refractivity contribution in [2.75, 3.05) is 6.54 Å². The van der Waals surface area contributed by atoms with E-state index in [0.717, 1.165) is 12.8 Å². The normalized spacial score (nSPS) is 12.1. The molecule has 0 spiro atoms. The molecule has 1 aromatic carbocycles. The van der Waals surface area contributed by atoms with Crippen molar-refractivity contribution in [1.29, 1.82) is 0 Å². The highest BCUT2D eigenvalue weighted by Crippen LogP contribution is 2.18. The van der Waals surface area contributed by atoms with E-state index < -0.39 is 0 Å². The van der Waals surface area contributed by atoms with Gasteiger partial charge in [0.2, 0.25) is 0 Å². The van der Waals surface area contributed by atoms with Crippen LogP contribution in [0.15, 0.2) is 54.6 Å². The van der Waals surface area contributed by atoms with Crippen molar-refractivity contribution in [1.82, 2.24) is 5.32 Å². The molecule has 0 saturated carbocycles. The summed E-state index contributed by atoms with van der Waals surface area (Å²) in [5, 5.41) is 4.03. The minimum Gasteiger partial charge on any atom is -0.305 e. The first kappa shape index (κ1) is 13.0. The van der Waals surface area contributed by atoms with Crippen LogP contribution in [0.1, 0.15) is 24.4 Å². The first-order chi connectivity index (χ1) is 7.74. The first-order valence-electron chi connectivity index (χ1n) is 5.46. The van der Waals surface area contributed by atoms with E-state index in [-0.39, 0.29) is 0 Å². The van der Waals surface area contributed by atoms with Gasteiger partial charge in [0.05, 0.1) is 0 Å². The van der Waals surface area contributed by atoms with Gasteiger partial charge in [-0.15, -0.1) is 6.58 Å². The van der Waals surface area contributed by atoms with Crippen LogP contribution in [0.4, 0.5) is 0 Å². The van der Waals surface area contributed by atoms with E-state index in [4.69, 9.17) is 11.6 Å². The Balaban J connectivity index is 2.63. The Hall–Kier alpha value is -1.05. The van der Waals surface area contributed by atoms with Gasteiger partial charge in [0.25, 0.3) is 0 Å². The van der Waals surface area contributed by atoms with Gasteiger partial charge < -0.3 is 5.32 Å². The lowest BCUT2D eigenvalue weighted by molar-refractivity contribution is 0.530. The molecule has 0 saturated heterocycles. The molecule has 1 unspecified atom stereocenters. The molecular weight excluding hydrogens is 218 g/mol. The molecule has 16 heavy (non-hydrogen) atoms. The van der Waals surface area contributed by atoms with Crippen LogP contribution < -0.4 is 5.32 Å². The Morgan fingerprint density at radius 3 is 2.62 bits per heavy atom. The Bertz CT molecular complexity index is 332. The average Bonchev–Trinajstić information content (AvgIpc) is 2.30. The van der Waals surface area contributed by atoms with Gasteiger partial charge in [0.15, 0.2) is 0 Å². The zero-order valence-electron chi connectivity index (χ0n) is 9.45. The molecule has 0 aliphatic rings. The van der Waals surface area contributed by atoms with Crippen LogP contribution >= 0.6 is 11.6 Å². The van der Waals surface area contributed by atoms with Crippen molar-refractivity contribution in [3.63, 3.8) is 0 Å². The van der Waals surface area contributed by atoms with E-state index in [9.17, 15) is 0 Å². The quantitative estimate of drug-likeness (QED) is 0.704. The molecule has 0 amide bonds. The van der Waals surface area contributed by atoms with E-state index in [1.807, 2.05) is 24.3 Å². The number of nitrogens with one attached hydrogen (secondary N) is 1. The summed E-state index contributed by atoms with van der Waals surface area (Å²) in [5.41, 5.74) is 1.28. The Morgan fingerprint density at radius 2 is 2.06 bits per heavy atom. The van der Waals surface area contributed by atoms with Crippen molar-refractivity contribution in [3.05, 3.63) is 60.2 Å². The number of allylic oxidation sites excluding steroid dienone is 1. The number of rotatable bonds is 7. The molecule has 1 aromatic rings. The molecule has 1 N–H and O–H groups in total. The molecular formula is C14H18ClN. The van der Waals surface area contributed by atoms with Gasteiger partial charge in [-0.25, -0.2) is 0 Å². The number of benzene rings is 1. The highest BCUT2D eigenvalue weighted by Gasteiger charge is 2.09. The predicted octanol–water partition coefficient (Wildman–Crippen LogP) is 4.04. The maximum atomic E-state index is 5.77. The summed E-state index contributed by atoms with van der Waals surface area (Å²) in [5.74, 6) is 0. The number of halogens is 1. The fourth-order valence-electron chi connectivity index (χ4n) is 1.59. The maximum Gasteiger partial charge on any atom is 0.0326 e. The molecule has 1 atom stereocenters. The van der Waals surface area contributed by atoms with Crippen molar-refractivity contribution in [3.8, 4) is 0 Å². The lowest BCUT2D eigenvalue weighted by Crippen LogP contribution is -2.22. The van der Waals surface area contributed by atoms with E-state index in [1.54, 1.807) is 0 Å². The van der Waals surface area contributed by atoms with Gasteiger partial charge in [0.1, 0.15) is 0 Å². The molecule has 1 rings (SSSR count). The Kier molecular flexibility index (Phi) is 5.91. The lowest BCUT2D eigenvalue weighted by atomic mass is 10.0. The number of hydrogen-bond donors (Lipinski definition) is 1. The second-order valence-electron chi connectivity index (χ2n) is 3.73. The molecule has 0 heterocycles. The molecule has 1 nitrogen and oxygen atoms in total. The van der Waals surface area contributed by atoms with Gasteiger partial charge in [0, 0.05) is 17.6 Å². The lowest BCUT2D eigenvalue weighted by Gasteiger charge is -2.18. The standard InChI is InChI=1S/C14H18ClN/c1-3-4-10-14(16-11-12(2)15)13-8-6-5-7-9-13/h3,5-9,14,16H,1-2,4,10-11H2. The Labute approximate surface area is 103 Å². The summed E-state index contributed by atoms with van der Waals surface area (Å²) < 4.78 is 0. The SMILES string of the molecule is C=CCCC(NCC(=C)Cl)c1ccccc1. The third-order valence-corrected chi connectivity index (χ3v) is 2.54. The zero-order valence-corrected chi connectivity index (χ0v) is 10.2. The minimum atomic E-state index is 0.315. The molecule has 86 valence electrons. The minimum absolute atomic E-state index is 0.315. The van der Waals surface area contributed by atoms with E-state index in [2.05, 4.69) is 30.6 Å². The van der Waals surface area contributed by atoms with E-state index in [0.29, 0.717) is 17.6 Å². The molecule has 0 bridgehead atoms. The second-order valence-corrected chi connectivity index (χ2v) is 4.26. The molecule has 0 aliphatic heterocycles. The van der Waals surface area contributed by atoms with Crippen molar-refractivity contribution in [2.45, 2.75) is 18.9 Å². The molecule has 0 radical (unpaired) electrons. The summed E-state index contributed by atoms with van der Waals surface area (Å²) in [4.78, 5) is 0.